The Morgan fingerprint density at radius 2 is 1.75 bits per heavy atom. The minimum Gasteiger partial charge on any atom is -0.348 e. The summed E-state index contributed by atoms with van der Waals surface area (Å²) in [7, 11) is 0. The van der Waals surface area contributed by atoms with Gasteiger partial charge in [0.05, 0.1) is 6.04 Å². The Morgan fingerprint density at radius 1 is 0.964 bits per heavy atom. The molecule has 0 radical (unpaired) electrons. The lowest BCUT2D eigenvalue weighted by Crippen LogP contribution is -2.40. The Bertz CT molecular complexity index is 1020. The van der Waals surface area contributed by atoms with Crippen molar-refractivity contribution in [1.29, 1.82) is 0 Å². The molecule has 4 rings (SSSR count). The minimum absolute atomic E-state index is 0.0138. The predicted octanol–water partition coefficient (Wildman–Crippen LogP) is 4.27. The lowest BCUT2D eigenvalue weighted by atomic mass is 10.1. The van der Waals surface area contributed by atoms with E-state index in [-0.39, 0.29) is 17.9 Å². The molecule has 28 heavy (non-hydrogen) atoms. The highest BCUT2D eigenvalue weighted by Crippen LogP contribution is 2.28. The summed E-state index contributed by atoms with van der Waals surface area (Å²) in [6, 6.07) is 18.6. The van der Waals surface area contributed by atoms with Gasteiger partial charge < -0.3 is 14.8 Å². The summed E-state index contributed by atoms with van der Waals surface area (Å²) < 4.78 is 2.19. The van der Waals surface area contributed by atoms with Crippen LogP contribution in [0.5, 0.6) is 0 Å². The van der Waals surface area contributed by atoms with Crippen LogP contribution in [0.1, 0.15) is 44.9 Å². The third kappa shape index (κ3) is 3.31. The average Bonchev–Trinajstić information content (AvgIpc) is 3.20. The molecule has 5 nitrogen and oxygen atoms in total. The van der Waals surface area contributed by atoms with E-state index in [1.165, 1.54) is 0 Å². The largest absolute Gasteiger partial charge is 0.348 e. The molecule has 1 N–H and O–H groups in total. The second-order valence-corrected chi connectivity index (χ2v) is 7.15. The van der Waals surface area contributed by atoms with E-state index < -0.39 is 0 Å². The number of carbonyl (C=O) groups is 2. The van der Waals surface area contributed by atoms with Crippen molar-refractivity contribution >= 4 is 17.5 Å². The fourth-order valence-electron chi connectivity index (χ4n) is 3.70. The fourth-order valence-corrected chi connectivity index (χ4v) is 3.70. The molecule has 142 valence electrons. The maximum Gasteiger partial charge on any atom is 0.255 e. The Balaban J connectivity index is 1.57. The van der Waals surface area contributed by atoms with Crippen LogP contribution < -0.4 is 5.32 Å². The molecule has 3 aromatic rings. The molecule has 0 fully saturated rings. The van der Waals surface area contributed by atoms with Gasteiger partial charge in [0.25, 0.3) is 11.8 Å². The van der Waals surface area contributed by atoms with Gasteiger partial charge in [-0.25, -0.2) is 0 Å². The molecule has 0 saturated heterocycles. The summed E-state index contributed by atoms with van der Waals surface area (Å²) in [5.41, 5.74) is 3.89. The molecule has 0 aliphatic carbocycles. The lowest BCUT2D eigenvalue weighted by Gasteiger charge is -2.35. The summed E-state index contributed by atoms with van der Waals surface area (Å²) in [5, 5.41) is 2.93. The summed E-state index contributed by atoms with van der Waals surface area (Å²) >= 11 is 0. The van der Waals surface area contributed by atoms with E-state index in [4.69, 9.17) is 0 Å². The van der Waals surface area contributed by atoms with Gasteiger partial charge in [-0.05, 0) is 55.8 Å². The third-order valence-corrected chi connectivity index (χ3v) is 5.37. The molecule has 0 spiro atoms. The van der Waals surface area contributed by atoms with Crippen LogP contribution in [0, 0.1) is 6.92 Å². The first-order valence-electron chi connectivity index (χ1n) is 9.47. The standard InChI is InChI=1S/C23H23N3O2/c1-16-10-11-19(15-20(16)24-22(27)18-7-4-3-5-8-18)23(28)26-14-13-25-12-6-9-21(25)17(26)2/h3-12,15,17H,13-14H2,1-2H3,(H,24,27)/t17-/m0/s1. The Hall–Kier alpha value is -3.34. The molecule has 1 aliphatic rings. The zero-order chi connectivity index (χ0) is 19.7. The van der Waals surface area contributed by atoms with Gasteiger partial charge in [0.2, 0.25) is 0 Å². The van der Waals surface area contributed by atoms with Crippen LogP contribution in [-0.2, 0) is 6.54 Å². The number of aryl methyl sites for hydroxylation is 1. The maximum atomic E-state index is 13.2. The quantitative estimate of drug-likeness (QED) is 0.746. The first-order chi connectivity index (χ1) is 13.5. The molecule has 2 amide bonds. The smallest absolute Gasteiger partial charge is 0.255 e. The zero-order valence-corrected chi connectivity index (χ0v) is 16.1. The van der Waals surface area contributed by atoms with Gasteiger partial charge in [0.1, 0.15) is 0 Å². The highest BCUT2D eigenvalue weighted by molar-refractivity contribution is 6.05. The van der Waals surface area contributed by atoms with Crippen molar-refractivity contribution in [1.82, 2.24) is 9.47 Å². The van der Waals surface area contributed by atoms with Crippen LogP contribution in [0.25, 0.3) is 0 Å². The molecule has 0 unspecified atom stereocenters. The van der Waals surface area contributed by atoms with E-state index in [1.807, 2.05) is 48.2 Å². The van der Waals surface area contributed by atoms with Crippen LogP contribution in [-0.4, -0.2) is 27.8 Å². The molecule has 2 aromatic carbocycles. The van der Waals surface area contributed by atoms with Crippen molar-refractivity contribution in [3.63, 3.8) is 0 Å². The summed E-state index contributed by atoms with van der Waals surface area (Å²) in [6.07, 6.45) is 2.05. The van der Waals surface area contributed by atoms with Gasteiger partial charge in [-0.15, -0.1) is 0 Å². The number of hydrogen-bond donors (Lipinski definition) is 1. The molecule has 1 aliphatic heterocycles. The van der Waals surface area contributed by atoms with E-state index >= 15 is 0 Å². The normalized spacial score (nSPS) is 15.8. The van der Waals surface area contributed by atoms with Crippen LogP contribution in [0.15, 0.2) is 66.9 Å². The van der Waals surface area contributed by atoms with Crippen LogP contribution in [0.2, 0.25) is 0 Å². The molecular weight excluding hydrogens is 350 g/mol. The van der Waals surface area contributed by atoms with Gasteiger partial charge in [-0.1, -0.05) is 24.3 Å². The average molecular weight is 373 g/mol. The van der Waals surface area contributed by atoms with Crippen LogP contribution in [0.3, 0.4) is 0 Å². The Morgan fingerprint density at radius 3 is 2.54 bits per heavy atom. The van der Waals surface area contributed by atoms with Crippen molar-refractivity contribution in [2.75, 3.05) is 11.9 Å². The number of hydrogen-bond acceptors (Lipinski definition) is 2. The SMILES string of the molecule is Cc1ccc(C(=O)N2CCn3cccc3[C@@H]2C)cc1NC(=O)c1ccccc1. The number of benzene rings is 2. The number of nitrogens with zero attached hydrogens (tertiary/aromatic N) is 2. The van der Waals surface area contributed by atoms with Gasteiger partial charge in [0, 0.05) is 41.8 Å². The van der Waals surface area contributed by atoms with Gasteiger partial charge in [-0.2, -0.15) is 0 Å². The van der Waals surface area contributed by atoms with Crippen molar-refractivity contribution < 1.29 is 9.59 Å². The highest BCUT2D eigenvalue weighted by Gasteiger charge is 2.28. The number of carbonyl (C=O) groups excluding carboxylic acids is 2. The number of aromatic nitrogens is 1. The van der Waals surface area contributed by atoms with Crippen LogP contribution >= 0.6 is 0 Å². The summed E-state index contributed by atoms with van der Waals surface area (Å²) in [6.45, 7) is 5.43. The number of nitrogens with one attached hydrogen (secondary N) is 1. The monoisotopic (exact) mass is 373 g/mol. The topological polar surface area (TPSA) is 54.3 Å². The van der Waals surface area contributed by atoms with Gasteiger partial charge in [0.15, 0.2) is 0 Å². The van der Waals surface area contributed by atoms with E-state index in [1.54, 1.807) is 18.2 Å². The van der Waals surface area contributed by atoms with Crippen molar-refractivity contribution in [2.45, 2.75) is 26.4 Å². The Kier molecular flexibility index (Phi) is 4.74. The maximum absolute atomic E-state index is 13.2. The first kappa shape index (κ1) is 18.0. The molecule has 1 aromatic heterocycles. The van der Waals surface area contributed by atoms with Crippen molar-refractivity contribution in [3.05, 3.63) is 89.2 Å². The lowest BCUT2D eigenvalue weighted by molar-refractivity contribution is 0.0644. The van der Waals surface area contributed by atoms with E-state index in [0.717, 1.165) is 17.8 Å². The highest BCUT2D eigenvalue weighted by atomic mass is 16.2. The van der Waals surface area contributed by atoms with Crippen molar-refractivity contribution in [3.8, 4) is 0 Å². The summed E-state index contributed by atoms with van der Waals surface area (Å²) in [4.78, 5) is 27.6. The first-order valence-corrected chi connectivity index (χ1v) is 9.47. The third-order valence-electron chi connectivity index (χ3n) is 5.37. The number of fused-ring (bicyclic) bond motifs is 1. The summed E-state index contributed by atoms with van der Waals surface area (Å²) in [5.74, 6) is -0.201. The molecule has 2 heterocycles. The van der Waals surface area contributed by atoms with E-state index in [9.17, 15) is 9.59 Å². The molecular formula is C23H23N3O2. The second-order valence-electron chi connectivity index (χ2n) is 7.15. The van der Waals surface area contributed by atoms with Gasteiger partial charge >= 0.3 is 0 Å². The molecule has 0 saturated carbocycles. The van der Waals surface area contributed by atoms with Gasteiger partial charge in [-0.3, -0.25) is 9.59 Å². The number of amides is 2. The predicted molar refractivity (Wildman–Crippen MR) is 109 cm³/mol. The Labute approximate surface area is 164 Å². The molecule has 5 heteroatoms. The molecule has 0 bridgehead atoms. The number of anilines is 1. The molecule has 1 atom stereocenters. The zero-order valence-electron chi connectivity index (χ0n) is 16.1. The van der Waals surface area contributed by atoms with Crippen LogP contribution in [0.4, 0.5) is 5.69 Å². The van der Waals surface area contributed by atoms with E-state index in [0.29, 0.717) is 23.4 Å². The minimum atomic E-state index is -0.183. The van der Waals surface area contributed by atoms with Crippen molar-refractivity contribution in [2.24, 2.45) is 0 Å². The number of rotatable bonds is 3. The van der Waals surface area contributed by atoms with E-state index in [2.05, 4.69) is 29.1 Å². The fraction of sp³-hybridized carbons (Fsp3) is 0.217. The second kappa shape index (κ2) is 7.35.